The first kappa shape index (κ1) is 11.0. The van der Waals surface area contributed by atoms with Gasteiger partial charge in [-0.2, -0.15) is 10.2 Å². The van der Waals surface area contributed by atoms with Gasteiger partial charge in [-0.05, 0) is 32.4 Å². The third kappa shape index (κ3) is 2.55. The Morgan fingerprint density at radius 1 is 1.56 bits per heavy atom. The number of nitrogens with one attached hydrogen (secondary N) is 2. The monoisotopic (exact) mass is 220 g/mol. The van der Waals surface area contributed by atoms with Crippen LogP contribution in [-0.2, 0) is 0 Å². The van der Waals surface area contributed by atoms with E-state index in [1.807, 2.05) is 0 Å². The van der Waals surface area contributed by atoms with Gasteiger partial charge in [0.25, 0.3) is 5.91 Å². The van der Waals surface area contributed by atoms with Crippen LogP contribution in [0, 0.1) is 0 Å². The van der Waals surface area contributed by atoms with Crippen LogP contribution in [0.2, 0.25) is 0 Å². The number of nitrogens with zero attached hydrogens (tertiary/aromatic N) is 2. The van der Waals surface area contributed by atoms with Crippen molar-refractivity contribution in [3.63, 3.8) is 0 Å². The van der Waals surface area contributed by atoms with E-state index in [1.54, 1.807) is 6.07 Å². The lowest BCUT2D eigenvalue weighted by atomic mass is 9.99. The first-order valence-electron chi connectivity index (χ1n) is 5.58. The highest BCUT2D eigenvalue weighted by atomic mass is 16.1. The van der Waals surface area contributed by atoms with Gasteiger partial charge in [0, 0.05) is 12.1 Å². The second-order valence-corrected chi connectivity index (χ2v) is 4.10. The first-order chi connectivity index (χ1) is 7.77. The van der Waals surface area contributed by atoms with Crippen molar-refractivity contribution in [2.24, 2.45) is 0 Å². The molecule has 0 radical (unpaired) electrons. The Kier molecular flexibility index (Phi) is 3.46. The van der Waals surface area contributed by atoms with Crippen LogP contribution in [0.25, 0.3) is 0 Å². The average molecular weight is 220 g/mol. The fraction of sp³-hybridized carbons (Fsp3) is 0.545. The minimum absolute atomic E-state index is 0.0737. The summed E-state index contributed by atoms with van der Waals surface area (Å²) in [4.78, 5) is 11.9. The van der Waals surface area contributed by atoms with Gasteiger partial charge in [0.15, 0.2) is 0 Å². The van der Waals surface area contributed by atoms with Crippen molar-refractivity contribution in [2.45, 2.75) is 31.8 Å². The van der Waals surface area contributed by atoms with E-state index in [0.717, 1.165) is 19.4 Å². The van der Waals surface area contributed by atoms with Crippen LogP contribution < -0.4 is 10.6 Å². The number of piperidine rings is 1. The molecule has 0 aliphatic carbocycles. The van der Waals surface area contributed by atoms with E-state index in [0.29, 0.717) is 11.6 Å². The number of carbonyl (C=O) groups excluding carboxylic acids is 1. The molecule has 2 atom stereocenters. The standard InChI is InChI=1S/C11H16N4O/c1-8-10(3-2-5-12-8)15-11(16)9-4-6-13-14-7-9/h4,6-8,10,12H,2-3,5H2,1H3,(H,15,16). The summed E-state index contributed by atoms with van der Waals surface area (Å²) in [6, 6.07) is 2.20. The van der Waals surface area contributed by atoms with Gasteiger partial charge in [0.2, 0.25) is 0 Å². The van der Waals surface area contributed by atoms with Crippen molar-refractivity contribution in [2.75, 3.05) is 6.54 Å². The summed E-state index contributed by atoms with van der Waals surface area (Å²) in [5.74, 6) is -0.0737. The van der Waals surface area contributed by atoms with Crippen molar-refractivity contribution in [1.82, 2.24) is 20.8 Å². The van der Waals surface area contributed by atoms with Gasteiger partial charge >= 0.3 is 0 Å². The zero-order valence-corrected chi connectivity index (χ0v) is 9.31. The summed E-state index contributed by atoms with van der Waals surface area (Å²) in [6.07, 6.45) is 5.13. The maximum atomic E-state index is 11.9. The number of carbonyl (C=O) groups is 1. The molecule has 1 aliphatic heterocycles. The van der Waals surface area contributed by atoms with Crippen molar-refractivity contribution < 1.29 is 4.79 Å². The molecule has 86 valence electrons. The lowest BCUT2D eigenvalue weighted by molar-refractivity contribution is 0.0919. The summed E-state index contributed by atoms with van der Waals surface area (Å²) in [5.41, 5.74) is 0.563. The first-order valence-corrected chi connectivity index (χ1v) is 5.58. The summed E-state index contributed by atoms with van der Waals surface area (Å²) in [6.45, 7) is 3.12. The van der Waals surface area contributed by atoms with Gasteiger partial charge in [-0.1, -0.05) is 0 Å². The third-order valence-corrected chi connectivity index (χ3v) is 2.92. The number of aromatic nitrogens is 2. The molecule has 2 heterocycles. The molecule has 0 spiro atoms. The Morgan fingerprint density at radius 2 is 2.44 bits per heavy atom. The van der Waals surface area contributed by atoms with Gasteiger partial charge in [-0.15, -0.1) is 0 Å². The van der Waals surface area contributed by atoms with Crippen LogP contribution in [-0.4, -0.2) is 34.7 Å². The van der Waals surface area contributed by atoms with Crippen LogP contribution in [0.5, 0.6) is 0 Å². The molecule has 1 aliphatic rings. The van der Waals surface area contributed by atoms with E-state index in [4.69, 9.17) is 0 Å². The molecule has 0 saturated carbocycles. The average Bonchev–Trinajstić information content (AvgIpc) is 2.33. The quantitative estimate of drug-likeness (QED) is 0.754. The molecule has 2 unspecified atom stereocenters. The molecule has 2 rings (SSSR count). The van der Waals surface area contributed by atoms with Gasteiger partial charge in [0.05, 0.1) is 18.0 Å². The lowest BCUT2D eigenvalue weighted by Gasteiger charge is -2.30. The highest BCUT2D eigenvalue weighted by Gasteiger charge is 2.22. The minimum Gasteiger partial charge on any atom is -0.348 e. The molecule has 0 bridgehead atoms. The maximum absolute atomic E-state index is 11.9. The summed E-state index contributed by atoms with van der Waals surface area (Å²) < 4.78 is 0. The van der Waals surface area contributed by atoms with Gasteiger partial charge in [-0.25, -0.2) is 0 Å². The summed E-state index contributed by atoms with van der Waals surface area (Å²) in [5, 5.41) is 13.7. The Hall–Kier alpha value is -1.49. The molecule has 1 amide bonds. The van der Waals surface area contributed by atoms with Crippen LogP contribution in [0.4, 0.5) is 0 Å². The Morgan fingerprint density at radius 3 is 3.12 bits per heavy atom. The van der Waals surface area contributed by atoms with E-state index in [2.05, 4.69) is 27.8 Å². The molecule has 1 fully saturated rings. The Bertz CT molecular complexity index is 354. The normalized spacial score (nSPS) is 25.1. The summed E-state index contributed by atoms with van der Waals surface area (Å²) >= 11 is 0. The number of rotatable bonds is 2. The minimum atomic E-state index is -0.0737. The fourth-order valence-corrected chi connectivity index (χ4v) is 1.92. The number of amides is 1. The third-order valence-electron chi connectivity index (χ3n) is 2.92. The van der Waals surface area contributed by atoms with Crippen molar-refractivity contribution in [3.8, 4) is 0 Å². The predicted octanol–water partition coefficient (Wildman–Crippen LogP) is 0.347. The second-order valence-electron chi connectivity index (χ2n) is 4.10. The van der Waals surface area contributed by atoms with Crippen LogP contribution >= 0.6 is 0 Å². The van der Waals surface area contributed by atoms with Gasteiger partial charge in [-0.3, -0.25) is 4.79 Å². The molecular weight excluding hydrogens is 204 g/mol. The number of hydrogen-bond donors (Lipinski definition) is 2. The molecule has 16 heavy (non-hydrogen) atoms. The van der Waals surface area contributed by atoms with Crippen molar-refractivity contribution >= 4 is 5.91 Å². The van der Waals surface area contributed by atoms with Crippen molar-refractivity contribution in [3.05, 3.63) is 24.0 Å². The van der Waals surface area contributed by atoms with E-state index < -0.39 is 0 Å². The second kappa shape index (κ2) is 5.03. The molecule has 1 aromatic rings. The van der Waals surface area contributed by atoms with E-state index in [9.17, 15) is 4.79 Å². The lowest BCUT2D eigenvalue weighted by Crippen LogP contribution is -2.51. The zero-order chi connectivity index (χ0) is 11.4. The predicted molar refractivity (Wildman–Crippen MR) is 60.0 cm³/mol. The maximum Gasteiger partial charge on any atom is 0.253 e. The SMILES string of the molecule is CC1NCCCC1NC(=O)c1ccnnc1. The number of hydrogen-bond acceptors (Lipinski definition) is 4. The van der Waals surface area contributed by atoms with E-state index in [-0.39, 0.29) is 11.9 Å². The summed E-state index contributed by atoms with van der Waals surface area (Å²) in [7, 11) is 0. The molecule has 2 N–H and O–H groups in total. The highest BCUT2D eigenvalue weighted by Crippen LogP contribution is 2.09. The Balaban J connectivity index is 1.96. The van der Waals surface area contributed by atoms with Gasteiger partial charge in [0.1, 0.15) is 0 Å². The topological polar surface area (TPSA) is 66.9 Å². The smallest absolute Gasteiger partial charge is 0.253 e. The molecule has 5 heteroatoms. The van der Waals surface area contributed by atoms with E-state index >= 15 is 0 Å². The van der Waals surface area contributed by atoms with Crippen LogP contribution in [0.3, 0.4) is 0 Å². The fourth-order valence-electron chi connectivity index (χ4n) is 1.92. The zero-order valence-electron chi connectivity index (χ0n) is 9.31. The van der Waals surface area contributed by atoms with E-state index in [1.165, 1.54) is 12.4 Å². The highest BCUT2D eigenvalue weighted by molar-refractivity contribution is 5.93. The van der Waals surface area contributed by atoms with Crippen LogP contribution in [0.15, 0.2) is 18.5 Å². The molecule has 0 aromatic carbocycles. The van der Waals surface area contributed by atoms with Crippen molar-refractivity contribution in [1.29, 1.82) is 0 Å². The largest absolute Gasteiger partial charge is 0.348 e. The van der Waals surface area contributed by atoms with Crippen LogP contribution in [0.1, 0.15) is 30.1 Å². The molecule has 1 aromatic heterocycles. The molecular formula is C11H16N4O. The van der Waals surface area contributed by atoms with Gasteiger partial charge < -0.3 is 10.6 Å². The molecule has 5 nitrogen and oxygen atoms in total. The Labute approximate surface area is 94.6 Å². The molecule has 1 saturated heterocycles.